The number of aliphatic hydroxyl groups is 1. The quantitative estimate of drug-likeness (QED) is 0.175. The van der Waals surface area contributed by atoms with Gasteiger partial charge in [-0.1, -0.05) is 97.3 Å². The van der Waals surface area contributed by atoms with Gasteiger partial charge in [0.25, 0.3) is 10.1 Å². The third kappa shape index (κ3) is 17.7. The highest BCUT2D eigenvalue weighted by molar-refractivity contribution is 7.86. The van der Waals surface area contributed by atoms with Gasteiger partial charge in [0.15, 0.2) is 0 Å². The average Bonchev–Trinajstić information content (AvgIpc) is 2.61. The Labute approximate surface area is 169 Å². The Kier molecular flexibility index (Phi) is 17.8. The Morgan fingerprint density at radius 2 is 0.963 bits per heavy atom. The van der Waals surface area contributed by atoms with E-state index in [0.29, 0.717) is 25.7 Å². The van der Waals surface area contributed by atoms with Crippen LogP contribution in [0.25, 0.3) is 0 Å². The number of aliphatic hydroxyl groups excluding tert-OH is 1. The Balaban J connectivity index is 3.82. The monoisotopic (exact) mass is 406 g/mol. The summed E-state index contributed by atoms with van der Waals surface area (Å²) in [4.78, 5) is 0. The van der Waals surface area contributed by atoms with Crippen LogP contribution < -0.4 is 0 Å². The molecule has 0 aliphatic heterocycles. The van der Waals surface area contributed by atoms with Crippen LogP contribution in [0.3, 0.4) is 0 Å². The lowest BCUT2D eigenvalue weighted by molar-refractivity contribution is 0.147. The zero-order valence-electron chi connectivity index (χ0n) is 18.0. The summed E-state index contributed by atoms with van der Waals surface area (Å²) in [7, 11) is -3.97. The minimum Gasteiger partial charge on any atom is -0.393 e. The second-order valence-electron chi connectivity index (χ2n) is 8.19. The molecular weight excluding hydrogens is 360 g/mol. The summed E-state index contributed by atoms with van der Waals surface area (Å²) in [6.45, 7) is 4.40. The second kappa shape index (κ2) is 17.9. The van der Waals surface area contributed by atoms with E-state index in [1.807, 2.05) is 0 Å². The number of rotatable bonds is 20. The second-order valence-corrected chi connectivity index (χ2v) is 9.88. The maximum atomic E-state index is 11.6. The largest absolute Gasteiger partial charge is 0.393 e. The van der Waals surface area contributed by atoms with E-state index in [0.717, 1.165) is 32.1 Å². The zero-order valence-corrected chi connectivity index (χ0v) is 18.8. The summed E-state index contributed by atoms with van der Waals surface area (Å²) >= 11 is 0. The van der Waals surface area contributed by atoms with Gasteiger partial charge < -0.3 is 5.11 Å². The van der Waals surface area contributed by atoms with Crippen LogP contribution in [0.15, 0.2) is 0 Å². The minimum absolute atomic E-state index is 0.336. The molecule has 0 rings (SSSR count). The molecule has 5 heteroatoms. The Hall–Kier alpha value is -0.130. The van der Waals surface area contributed by atoms with E-state index in [2.05, 4.69) is 13.8 Å². The molecule has 4 nitrogen and oxygen atoms in total. The number of hydrogen-bond donors (Lipinski definition) is 2. The molecule has 0 aromatic heterocycles. The van der Waals surface area contributed by atoms with Gasteiger partial charge in [0.1, 0.15) is 0 Å². The van der Waals surface area contributed by atoms with Crippen LogP contribution in [-0.4, -0.2) is 29.4 Å². The van der Waals surface area contributed by atoms with Crippen molar-refractivity contribution < 1.29 is 18.1 Å². The highest BCUT2D eigenvalue weighted by Crippen LogP contribution is 2.19. The summed E-state index contributed by atoms with van der Waals surface area (Å²) in [5.74, 6) is 0. The lowest BCUT2D eigenvalue weighted by Gasteiger charge is -2.15. The smallest absolute Gasteiger partial charge is 0.267 e. The maximum absolute atomic E-state index is 11.6. The van der Waals surface area contributed by atoms with Crippen LogP contribution in [0.4, 0.5) is 0 Å². The highest BCUT2D eigenvalue weighted by atomic mass is 32.2. The molecule has 2 N–H and O–H groups in total. The van der Waals surface area contributed by atoms with Crippen LogP contribution in [0.5, 0.6) is 0 Å². The Bertz CT molecular complexity index is 409. The first kappa shape index (κ1) is 26.9. The average molecular weight is 407 g/mol. The summed E-state index contributed by atoms with van der Waals surface area (Å²) in [5, 5.41) is 9.43. The van der Waals surface area contributed by atoms with Gasteiger partial charge in [0.2, 0.25) is 0 Å². The maximum Gasteiger partial charge on any atom is 0.267 e. The van der Waals surface area contributed by atoms with Crippen LogP contribution in [0.1, 0.15) is 129 Å². The van der Waals surface area contributed by atoms with Crippen molar-refractivity contribution >= 4 is 10.1 Å². The molecule has 0 amide bonds. The van der Waals surface area contributed by atoms with Crippen molar-refractivity contribution in [2.75, 3.05) is 0 Å². The SMILES string of the molecule is CCCCCCCCCC(O)CCCC(CCCCCCCC)S(=O)(=O)O. The summed E-state index contributed by atoms with van der Waals surface area (Å²) in [6, 6.07) is 0. The topological polar surface area (TPSA) is 74.6 Å². The van der Waals surface area contributed by atoms with Crippen molar-refractivity contribution in [1.82, 2.24) is 0 Å². The minimum atomic E-state index is -3.97. The predicted molar refractivity (Wildman–Crippen MR) is 116 cm³/mol. The van der Waals surface area contributed by atoms with Gasteiger partial charge in [0, 0.05) is 0 Å². The molecule has 0 bridgehead atoms. The molecule has 0 aliphatic rings. The zero-order chi connectivity index (χ0) is 20.4. The van der Waals surface area contributed by atoms with Crippen LogP contribution in [0.2, 0.25) is 0 Å². The van der Waals surface area contributed by atoms with E-state index in [-0.39, 0.29) is 6.10 Å². The first-order valence-electron chi connectivity index (χ1n) is 11.6. The number of hydrogen-bond acceptors (Lipinski definition) is 3. The molecule has 0 aromatic rings. The van der Waals surface area contributed by atoms with Crippen molar-refractivity contribution in [2.24, 2.45) is 0 Å². The van der Waals surface area contributed by atoms with Crippen molar-refractivity contribution in [2.45, 2.75) is 141 Å². The molecule has 2 atom stereocenters. The predicted octanol–water partition coefficient (Wildman–Crippen LogP) is 6.67. The molecular formula is C22H46O4S. The third-order valence-electron chi connectivity index (χ3n) is 5.51. The lowest BCUT2D eigenvalue weighted by Crippen LogP contribution is -2.21. The molecule has 0 aliphatic carbocycles. The van der Waals surface area contributed by atoms with Gasteiger partial charge in [-0.05, 0) is 32.1 Å². The molecule has 27 heavy (non-hydrogen) atoms. The molecule has 0 saturated carbocycles. The van der Waals surface area contributed by atoms with E-state index in [1.54, 1.807) is 0 Å². The third-order valence-corrected chi connectivity index (χ3v) is 6.82. The summed E-state index contributed by atoms with van der Waals surface area (Å²) in [6.07, 6.45) is 18.1. The van der Waals surface area contributed by atoms with Crippen LogP contribution in [-0.2, 0) is 10.1 Å². The number of unbranched alkanes of at least 4 members (excludes halogenated alkanes) is 11. The van der Waals surface area contributed by atoms with Gasteiger partial charge in [-0.15, -0.1) is 0 Å². The molecule has 0 saturated heterocycles. The van der Waals surface area contributed by atoms with Crippen molar-refractivity contribution in [1.29, 1.82) is 0 Å². The molecule has 164 valence electrons. The van der Waals surface area contributed by atoms with E-state index in [4.69, 9.17) is 0 Å². The van der Waals surface area contributed by atoms with E-state index < -0.39 is 15.4 Å². The standard InChI is InChI=1S/C22H46O4S/c1-3-5-7-9-11-12-14-17-21(23)18-16-20-22(27(24,25)26)19-15-13-10-8-6-4-2/h21-23H,3-20H2,1-2H3,(H,24,25,26). The molecule has 2 unspecified atom stereocenters. The summed E-state index contributed by atoms with van der Waals surface area (Å²) in [5.41, 5.74) is 0. The lowest BCUT2D eigenvalue weighted by atomic mass is 10.0. The fourth-order valence-electron chi connectivity index (χ4n) is 3.66. The van der Waals surface area contributed by atoms with Gasteiger partial charge >= 0.3 is 0 Å². The van der Waals surface area contributed by atoms with E-state index >= 15 is 0 Å². The molecule has 0 fully saturated rings. The fourth-order valence-corrected chi connectivity index (χ4v) is 4.59. The van der Waals surface area contributed by atoms with Gasteiger partial charge in [-0.2, -0.15) is 8.42 Å². The van der Waals surface area contributed by atoms with Crippen LogP contribution in [0, 0.1) is 0 Å². The van der Waals surface area contributed by atoms with Crippen molar-refractivity contribution in [3.8, 4) is 0 Å². The first-order valence-corrected chi connectivity index (χ1v) is 13.1. The molecule has 0 radical (unpaired) electrons. The van der Waals surface area contributed by atoms with E-state index in [9.17, 15) is 18.1 Å². The van der Waals surface area contributed by atoms with Crippen molar-refractivity contribution in [3.63, 3.8) is 0 Å². The summed E-state index contributed by atoms with van der Waals surface area (Å²) < 4.78 is 32.6. The van der Waals surface area contributed by atoms with E-state index in [1.165, 1.54) is 57.8 Å². The van der Waals surface area contributed by atoms with Gasteiger partial charge in [-0.3, -0.25) is 4.55 Å². The molecule has 0 heterocycles. The molecule has 0 spiro atoms. The van der Waals surface area contributed by atoms with Gasteiger partial charge in [0.05, 0.1) is 11.4 Å². The Morgan fingerprint density at radius 1 is 0.593 bits per heavy atom. The highest BCUT2D eigenvalue weighted by Gasteiger charge is 2.22. The van der Waals surface area contributed by atoms with Crippen LogP contribution >= 0.6 is 0 Å². The Morgan fingerprint density at radius 3 is 1.44 bits per heavy atom. The normalized spacial score (nSPS) is 14.4. The van der Waals surface area contributed by atoms with Crippen molar-refractivity contribution in [3.05, 3.63) is 0 Å². The molecule has 0 aromatic carbocycles. The fraction of sp³-hybridized carbons (Fsp3) is 1.00. The first-order chi connectivity index (χ1) is 12.9. The van der Waals surface area contributed by atoms with Gasteiger partial charge in [-0.25, -0.2) is 0 Å².